The fourth-order valence-corrected chi connectivity index (χ4v) is 11.8. The second kappa shape index (κ2) is 17.7. The molecule has 0 amide bonds. The molecule has 0 aliphatic carbocycles. The molecule has 0 aliphatic rings. The summed E-state index contributed by atoms with van der Waals surface area (Å²) in [5, 5.41) is 2.10. The van der Waals surface area contributed by atoms with Crippen molar-refractivity contribution >= 4 is 50.8 Å². The van der Waals surface area contributed by atoms with Crippen LogP contribution in [0.4, 0.5) is 0 Å². The van der Waals surface area contributed by atoms with E-state index in [1.54, 1.807) is 0 Å². The Balaban J connectivity index is 0.000000191. The maximum atomic E-state index is 5.86. The molecule has 0 aliphatic heterocycles. The summed E-state index contributed by atoms with van der Waals surface area (Å²) in [4.78, 5) is 14.4. The molecule has 0 saturated carbocycles. The second-order valence-corrected chi connectivity index (χ2v) is 28.4. The molecule has 0 atom stereocenters. The van der Waals surface area contributed by atoms with E-state index >= 15 is 0 Å². The van der Waals surface area contributed by atoms with Gasteiger partial charge in [0, 0.05) is 25.8 Å². The van der Waals surface area contributed by atoms with Gasteiger partial charge in [-0.1, -0.05) is 84.0 Å². The summed E-state index contributed by atoms with van der Waals surface area (Å²) in [5.74, 6) is 8.84. The molecule has 0 unspecified atom stereocenters. The SMILES string of the molecule is Cc1c[c-]c(-c2nc3ccccc3n2-c2c(C(C)C)cc(-c3ccccc3)cc2C(C)C)cc1C.Cc1ccc2c(n1)oc1c[c-]c(-c3cc(C)[c]([Ge]([CH3])([CH3])[CH3])cn3)cc12.[Ir]. The minimum absolute atomic E-state index is 0. The number of rotatable bonds is 7. The number of nitrogens with zero attached hydrogens (tertiary/aromatic N) is 4. The van der Waals surface area contributed by atoms with Gasteiger partial charge in [0.05, 0.1) is 16.9 Å². The molecule has 0 bridgehead atoms. The maximum Gasteiger partial charge on any atom is 0 e. The molecule has 0 spiro atoms. The molecule has 7 heteroatoms. The summed E-state index contributed by atoms with van der Waals surface area (Å²) in [6.07, 6.45) is 2.07. The summed E-state index contributed by atoms with van der Waals surface area (Å²) < 4.78 is 9.70. The van der Waals surface area contributed by atoms with Crippen molar-refractivity contribution in [2.24, 2.45) is 0 Å². The van der Waals surface area contributed by atoms with Crippen LogP contribution in [-0.2, 0) is 20.1 Å². The van der Waals surface area contributed by atoms with Crippen LogP contribution in [0, 0.1) is 39.8 Å². The van der Waals surface area contributed by atoms with Crippen molar-refractivity contribution in [1.29, 1.82) is 0 Å². The molecule has 0 N–H and O–H groups in total. The van der Waals surface area contributed by atoms with Crippen molar-refractivity contribution in [3.63, 3.8) is 0 Å². The van der Waals surface area contributed by atoms with E-state index in [9.17, 15) is 0 Å². The van der Waals surface area contributed by atoms with Crippen LogP contribution in [0.15, 0.2) is 120 Å². The van der Waals surface area contributed by atoms with Gasteiger partial charge in [0.2, 0.25) is 0 Å². The Morgan fingerprint density at radius 3 is 1.97 bits per heavy atom. The Kier molecular flexibility index (Phi) is 12.7. The number of para-hydroxylation sites is 2. The van der Waals surface area contributed by atoms with Crippen molar-refractivity contribution in [3.05, 3.63) is 161 Å². The first-order valence-electron chi connectivity index (χ1n) is 21.1. The topological polar surface area (TPSA) is 56.7 Å². The third kappa shape index (κ3) is 8.82. The molecule has 9 aromatic rings. The number of pyridine rings is 2. The van der Waals surface area contributed by atoms with E-state index in [4.69, 9.17) is 14.4 Å². The van der Waals surface area contributed by atoms with E-state index in [1.165, 1.54) is 49.0 Å². The molecule has 4 aromatic heterocycles. The molecule has 311 valence electrons. The number of imidazole rings is 1. The van der Waals surface area contributed by atoms with Gasteiger partial charge in [-0.3, -0.25) is 4.98 Å². The smallest absolute Gasteiger partial charge is 0 e. The van der Waals surface area contributed by atoms with Crippen LogP contribution >= 0.6 is 0 Å². The molecule has 9 rings (SSSR count). The van der Waals surface area contributed by atoms with Gasteiger partial charge < -0.3 is 4.57 Å². The first-order valence-corrected chi connectivity index (χ1v) is 28.4. The van der Waals surface area contributed by atoms with Crippen molar-refractivity contribution in [1.82, 2.24) is 19.5 Å². The predicted octanol–water partition coefficient (Wildman–Crippen LogP) is 14.0. The first-order chi connectivity index (χ1) is 28.7. The fraction of sp³-hybridized carbons (Fsp3) is 0.241. The summed E-state index contributed by atoms with van der Waals surface area (Å²) >= 11 is -1.88. The minimum Gasteiger partial charge on any atom is 0 e. The number of hydrogen-bond donors (Lipinski definition) is 0. The summed E-state index contributed by atoms with van der Waals surface area (Å²) in [6.45, 7) is 17.6. The first kappa shape index (κ1) is 43.9. The molecule has 5 nitrogen and oxygen atoms in total. The Bertz CT molecular complexity index is 3000. The fourth-order valence-electron chi connectivity index (χ4n) is 8.18. The van der Waals surface area contributed by atoms with Gasteiger partial charge in [0.1, 0.15) is 0 Å². The van der Waals surface area contributed by atoms with Crippen LogP contribution < -0.4 is 4.40 Å². The molecule has 4 heterocycles. The van der Waals surface area contributed by atoms with E-state index in [2.05, 4.69) is 191 Å². The third-order valence-corrected chi connectivity index (χ3v) is 16.1. The zero-order valence-corrected chi connectivity index (χ0v) is 41.6. The van der Waals surface area contributed by atoms with Crippen molar-refractivity contribution in [3.8, 4) is 39.5 Å². The van der Waals surface area contributed by atoms with Gasteiger partial charge in [0.25, 0.3) is 0 Å². The van der Waals surface area contributed by atoms with Crippen LogP contribution in [-0.4, -0.2) is 32.8 Å². The normalized spacial score (nSPS) is 11.7. The Morgan fingerprint density at radius 2 is 1.31 bits per heavy atom. The van der Waals surface area contributed by atoms with Gasteiger partial charge in [-0.25, -0.2) is 0 Å². The van der Waals surface area contributed by atoms with Crippen molar-refractivity contribution < 1.29 is 24.5 Å². The number of furan rings is 1. The van der Waals surface area contributed by atoms with Gasteiger partial charge in [0.15, 0.2) is 0 Å². The Morgan fingerprint density at radius 1 is 0.639 bits per heavy atom. The summed E-state index contributed by atoms with van der Waals surface area (Å²) in [6, 6.07) is 45.4. The summed E-state index contributed by atoms with van der Waals surface area (Å²) in [7, 11) is 0. The van der Waals surface area contributed by atoms with Crippen LogP contribution in [0.25, 0.3) is 72.6 Å². The zero-order valence-electron chi connectivity index (χ0n) is 37.2. The number of hydrogen-bond acceptors (Lipinski definition) is 4. The molecule has 0 saturated heterocycles. The third-order valence-electron chi connectivity index (χ3n) is 11.6. The maximum absolute atomic E-state index is 5.86. The van der Waals surface area contributed by atoms with Crippen molar-refractivity contribution in [2.45, 2.75) is 84.5 Å². The monoisotopic (exact) mass is 1040 g/mol. The Labute approximate surface area is 377 Å². The zero-order chi connectivity index (χ0) is 42.5. The van der Waals surface area contributed by atoms with Gasteiger partial charge >= 0.3 is 150 Å². The minimum atomic E-state index is -1.88. The average molecular weight is 1040 g/mol. The van der Waals surface area contributed by atoms with Crippen LogP contribution in [0.1, 0.15) is 73.0 Å². The van der Waals surface area contributed by atoms with E-state index in [-0.39, 0.29) is 20.1 Å². The molecule has 5 aromatic carbocycles. The molecular weight excluding hydrogens is 985 g/mol. The quantitative estimate of drug-likeness (QED) is 0.118. The molecular formula is C54H54GeIrN4O-2. The standard InChI is InChI=1S/C33H33N2.C21H21GeN2O.Ir/c1-21(2)28-19-27(25-12-8-7-9-13-25)20-29(22(3)4)32(28)35-31-15-11-10-14-30(31)34-33(35)26-17-16-23(5)24(6)18-26;1-13-10-19(23-12-18(13)22(3,4)5)15-7-9-20-17(11-15)16-8-6-14(2)24-21(16)25-20;/h7-16,18-22H,1-6H3;6,8-12H,1-5H3;/q2*-1;. The molecule has 61 heavy (non-hydrogen) atoms. The van der Waals surface area contributed by atoms with Gasteiger partial charge in [-0.2, -0.15) is 0 Å². The van der Waals surface area contributed by atoms with E-state index in [1.807, 2.05) is 19.1 Å². The van der Waals surface area contributed by atoms with E-state index < -0.39 is 13.3 Å². The largest absolute Gasteiger partial charge is 0 e. The second-order valence-electron chi connectivity index (χ2n) is 17.8. The number of aromatic nitrogens is 4. The van der Waals surface area contributed by atoms with Crippen LogP contribution in [0.2, 0.25) is 17.3 Å². The van der Waals surface area contributed by atoms with Crippen molar-refractivity contribution in [2.75, 3.05) is 0 Å². The van der Waals surface area contributed by atoms with Gasteiger partial charge in [-0.15, -0.1) is 34.9 Å². The number of benzene rings is 5. The molecule has 1 radical (unpaired) electrons. The predicted molar refractivity (Wildman–Crippen MR) is 254 cm³/mol. The van der Waals surface area contributed by atoms with Gasteiger partial charge in [-0.05, 0) is 58.4 Å². The Hall–Kier alpha value is -5.14. The van der Waals surface area contributed by atoms with Crippen LogP contribution in [0.3, 0.4) is 0 Å². The number of aryl methyl sites for hydroxylation is 4. The number of fused-ring (bicyclic) bond motifs is 4. The van der Waals surface area contributed by atoms with E-state index in [0.29, 0.717) is 17.5 Å². The summed E-state index contributed by atoms with van der Waals surface area (Å²) in [5.41, 5.74) is 17.8. The molecule has 0 fully saturated rings. The van der Waals surface area contributed by atoms with E-state index in [0.717, 1.165) is 55.7 Å². The van der Waals surface area contributed by atoms with Crippen LogP contribution in [0.5, 0.6) is 0 Å². The average Bonchev–Trinajstić information content (AvgIpc) is 3.79.